The fraction of sp³-hybridized carbons (Fsp3) is 0.828. The van der Waals surface area contributed by atoms with Crippen molar-refractivity contribution in [3.05, 3.63) is 23.8 Å². The Balaban J connectivity index is 1.54. The Hall–Kier alpha value is -0.850. The molecule has 0 amide bonds. The Morgan fingerprint density at radius 1 is 1.03 bits per heavy atom. The maximum absolute atomic E-state index is 12.1. The Labute approximate surface area is 186 Å². The van der Waals surface area contributed by atoms with E-state index in [1.54, 1.807) is 0 Å². The van der Waals surface area contributed by atoms with E-state index < -0.39 is 0 Å². The van der Waals surface area contributed by atoms with Crippen LogP contribution in [0.4, 0.5) is 0 Å². The van der Waals surface area contributed by atoms with E-state index in [0.29, 0.717) is 28.4 Å². The Bertz CT molecular complexity index is 714. The highest BCUT2D eigenvalue weighted by Crippen LogP contribution is 2.66. The predicted molar refractivity (Wildman–Crippen MR) is 127 cm³/mol. The molecule has 0 aromatic rings. The summed E-state index contributed by atoms with van der Waals surface area (Å²) in [5.74, 6) is 5.63. The smallest absolute Gasteiger partial charge is 0.133 e. The zero-order valence-corrected chi connectivity index (χ0v) is 20.5. The highest BCUT2D eigenvalue weighted by Gasteiger charge is 2.58. The van der Waals surface area contributed by atoms with Crippen LogP contribution in [0, 0.1) is 52.3 Å². The lowest BCUT2D eigenvalue weighted by molar-refractivity contribution is -0.127. The number of carbonyl (C=O) groups is 1. The molecule has 3 fully saturated rings. The van der Waals surface area contributed by atoms with Gasteiger partial charge >= 0.3 is 0 Å². The molecule has 8 atom stereocenters. The average Bonchev–Trinajstić information content (AvgIpc) is 3.06. The minimum absolute atomic E-state index is 0.383. The maximum atomic E-state index is 12.1. The first kappa shape index (κ1) is 22.3. The molecule has 168 valence electrons. The van der Waals surface area contributed by atoms with Gasteiger partial charge in [0.2, 0.25) is 0 Å². The van der Waals surface area contributed by atoms with E-state index in [2.05, 4.69) is 59.8 Å². The fourth-order valence-corrected chi connectivity index (χ4v) is 8.49. The van der Waals surface area contributed by atoms with Crippen LogP contribution >= 0.6 is 0 Å². The van der Waals surface area contributed by atoms with Gasteiger partial charge in [0.05, 0.1) is 0 Å². The minimum Gasteiger partial charge on any atom is -0.300 e. The van der Waals surface area contributed by atoms with Gasteiger partial charge in [0.25, 0.3) is 0 Å². The molecule has 0 aromatic heterocycles. The van der Waals surface area contributed by atoms with Crippen molar-refractivity contribution in [2.45, 2.75) is 99.3 Å². The molecular formula is C29H46O. The first-order valence-corrected chi connectivity index (χ1v) is 13.1. The summed E-state index contributed by atoms with van der Waals surface area (Å²) in [6, 6.07) is 0. The second-order valence-electron chi connectivity index (χ2n) is 12.3. The van der Waals surface area contributed by atoms with E-state index in [4.69, 9.17) is 0 Å². The second kappa shape index (κ2) is 8.25. The predicted octanol–water partition coefficient (Wildman–Crippen LogP) is 8.01. The monoisotopic (exact) mass is 410 g/mol. The van der Waals surface area contributed by atoms with Gasteiger partial charge < -0.3 is 0 Å². The van der Waals surface area contributed by atoms with Crippen molar-refractivity contribution in [1.82, 2.24) is 0 Å². The Morgan fingerprint density at radius 2 is 1.77 bits per heavy atom. The zero-order valence-electron chi connectivity index (χ0n) is 20.5. The van der Waals surface area contributed by atoms with Crippen molar-refractivity contribution in [3.8, 4) is 0 Å². The van der Waals surface area contributed by atoms with Crippen LogP contribution < -0.4 is 0 Å². The van der Waals surface area contributed by atoms with Crippen LogP contribution in [0.2, 0.25) is 0 Å². The molecule has 4 aliphatic carbocycles. The molecule has 4 aliphatic rings. The number of hydrogen-bond donors (Lipinski definition) is 0. The van der Waals surface area contributed by atoms with Crippen molar-refractivity contribution >= 4 is 5.78 Å². The highest BCUT2D eigenvalue weighted by molar-refractivity contribution is 5.79. The van der Waals surface area contributed by atoms with Crippen molar-refractivity contribution in [3.63, 3.8) is 0 Å². The number of ketones is 1. The summed E-state index contributed by atoms with van der Waals surface area (Å²) in [5, 5.41) is 0. The second-order valence-corrected chi connectivity index (χ2v) is 12.3. The van der Waals surface area contributed by atoms with E-state index in [1.165, 1.54) is 32.1 Å². The van der Waals surface area contributed by atoms with E-state index >= 15 is 0 Å². The third kappa shape index (κ3) is 3.57. The normalized spacial score (nSPS) is 43.2. The number of allylic oxidation sites excluding steroid dienone is 4. The lowest BCUT2D eigenvalue weighted by atomic mass is 9.48. The molecule has 0 radical (unpaired) electrons. The molecule has 1 heteroatoms. The van der Waals surface area contributed by atoms with Crippen molar-refractivity contribution in [2.24, 2.45) is 52.3 Å². The summed E-state index contributed by atoms with van der Waals surface area (Å²) in [7, 11) is 0. The molecule has 0 aromatic carbocycles. The van der Waals surface area contributed by atoms with E-state index in [1.807, 2.05) is 5.57 Å². The fourth-order valence-electron chi connectivity index (χ4n) is 8.49. The number of Topliss-reactive ketones (excluding diaryl/α,β-unsaturated/α-hetero) is 1. The van der Waals surface area contributed by atoms with Crippen LogP contribution in [0.25, 0.3) is 0 Å². The molecule has 0 aliphatic heterocycles. The summed E-state index contributed by atoms with van der Waals surface area (Å²) in [4.78, 5) is 12.1. The SMILES string of the molecule is CC[C@H](/C=C/[C@@H](C)[C@H]1CC[C@H]2C3=CC[C@H]4CC(=O)CC[C@]4(C)[C@H]3CC[C@]12C)C(C)C. The molecule has 0 spiro atoms. The largest absolute Gasteiger partial charge is 0.300 e. The van der Waals surface area contributed by atoms with Crippen LogP contribution in [0.5, 0.6) is 0 Å². The molecule has 0 saturated heterocycles. The van der Waals surface area contributed by atoms with Gasteiger partial charge in [-0.05, 0) is 97.2 Å². The molecule has 0 N–H and O–H groups in total. The summed E-state index contributed by atoms with van der Waals surface area (Å²) >= 11 is 0. The van der Waals surface area contributed by atoms with Crippen LogP contribution in [0.3, 0.4) is 0 Å². The Morgan fingerprint density at radius 3 is 2.47 bits per heavy atom. The molecule has 1 nitrogen and oxygen atoms in total. The van der Waals surface area contributed by atoms with E-state index in [9.17, 15) is 4.79 Å². The third-order valence-corrected chi connectivity index (χ3v) is 10.6. The lowest BCUT2D eigenvalue weighted by Gasteiger charge is -2.57. The molecule has 0 bridgehead atoms. The van der Waals surface area contributed by atoms with Gasteiger partial charge in [-0.15, -0.1) is 0 Å². The van der Waals surface area contributed by atoms with Gasteiger partial charge in [0.1, 0.15) is 5.78 Å². The molecule has 0 heterocycles. The van der Waals surface area contributed by atoms with Gasteiger partial charge in [-0.1, -0.05) is 65.3 Å². The first-order chi connectivity index (χ1) is 14.2. The van der Waals surface area contributed by atoms with Gasteiger partial charge in [-0.25, -0.2) is 0 Å². The summed E-state index contributed by atoms with van der Waals surface area (Å²) in [6.45, 7) is 14.7. The minimum atomic E-state index is 0.383. The van der Waals surface area contributed by atoms with Crippen molar-refractivity contribution in [2.75, 3.05) is 0 Å². The van der Waals surface area contributed by atoms with Crippen LogP contribution in [-0.4, -0.2) is 5.78 Å². The number of hydrogen-bond acceptors (Lipinski definition) is 1. The molecule has 3 saturated carbocycles. The molecule has 4 rings (SSSR count). The molecular weight excluding hydrogens is 364 g/mol. The van der Waals surface area contributed by atoms with Gasteiger partial charge in [-0.2, -0.15) is 0 Å². The number of rotatable bonds is 5. The highest BCUT2D eigenvalue weighted by atomic mass is 16.1. The maximum Gasteiger partial charge on any atom is 0.133 e. The zero-order chi connectivity index (χ0) is 21.7. The van der Waals surface area contributed by atoms with Crippen LogP contribution in [0.1, 0.15) is 99.3 Å². The van der Waals surface area contributed by atoms with Gasteiger partial charge in [0, 0.05) is 12.8 Å². The summed E-state index contributed by atoms with van der Waals surface area (Å²) in [6.07, 6.45) is 18.5. The number of carbonyl (C=O) groups excluding carboxylic acids is 1. The first-order valence-electron chi connectivity index (χ1n) is 13.1. The van der Waals surface area contributed by atoms with Crippen molar-refractivity contribution in [1.29, 1.82) is 0 Å². The van der Waals surface area contributed by atoms with Crippen LogP contribution in [-0.2, 0) is 4.79 Å². The van der Waals surface area contributed by atoms with E-state index in [-0.39, 0.29) is 0 Å². The topological polar surface area (TPSA) is 17.1 Å². The standard InChI is InChI=1S/C29H46O/c1-7-21(19(2)3)9-8-20(4)25-12-13-26-24-11-10-22-18-23(30)14-16-28(22,5)27(24)15-17-29(25,26)6/h8-9,11,19-22,25-27H,7,10,12-18H2,1-6H3/b9-8+/t20-,21-,22+,25-,26+,27+,28+,29-/m1/s1. The van der Waals surface area contributed by atoms with Gasteiger partial charge in [0.15, 0.2) is 0 Å². The molecule has 0 unspecified atom stereocenters. The third-order valence-electron chi connectivity index (χ3n) is 10.6. The molecule has 30 heavy (non-hydrogen) atoms. The van der Waals surface area contributed by atoms with Crippen molar-refractivity contribution < 1.29 is 4.79 Å². The Kier molecular flexibility index (Phi) is 6.15. The lowest BCUT2D eigenvalue weighted by Crippen LogP contribution is -2.49. The number of fused-ring (bicyclic) bond motifs is 5. The quantitative estimate of drug-likeness (QED) is 0.419. The average molecular weight is 411 g/mol. The summed E-state index contributed by atoms with van der Waals surface area (Å²) in [5.41, 5.74) is 2.68. The van der Waals surface area contributed by atoms with E-state index in [0.717, 1.165) is 55.3 Å². The van der Waals surface area contributed by atoms with Gasteiger partial charge in [-0.3, -0.25) is 4.79 Å². The summed E-state index contributed by atoms with van der Waals surface area (Å²) < 4.78 is 0. The van der Waals surface area contributed by atoms with Crippen LogP contribution in [0.15, 0.2) is 23.8 Å².